The second-order valence-electron chi connectivity index (χ2n) is 8.79. The summed E-state index contributed by atoms with van der Waals surface area (Å²) in [5, 5.41) is 2.87. The Morgan fingerprint density at radius 2 is 1.54 bits per heavy atom. The van der Waals surface area contributed by atoms with Gasteiger partial charge in [0.2, 0.25) is 5.91 Å². The van der Waals surface area contributed by atoms with Gasteiger partial charge in [0.25, 0.3) is 10.0 Å². The van der Waals surface area contributed by atoms with E-state index < -0.39 is 10.0 Å². The molecule has 1 aliphatic heterocycles. The summed E-state index contributed by atoms with van der Waals surface area (Å²) in [7, 11) is -3.93. The fourth-order valence-electron chi connectivity index (χ4n) is 4.12. The summed E-state index contributed by atoms with van der Waals surface area (Å²) in [5.41, 5.74) is 3.55. The lowest BCUT2D eigenvalue weighted by Crippen LogP contribution is -2.40. The first-order valence-corrected chi connectivity index (χ1v) is 14.0. The smallest absolute Gasteiger partial charge is 0.264 e. The van der Waals surface area contributed by atoms with E-state index in [4.69, 9.17) is 0 Å². The van der Waals surface area contributed by atoms with E-state index in [1.165, 1.54) is 24.9 Å². The van der Waals surface area contributed by atoms with Gasteiger partial charge in [-0.2, -0.15) is 0 Å². The predicted octanol–water partition coefficient (Wildman–Crippen LogP) is 5.26. The van der Waals surface area contributed by atoms with Crippen LogP contribution < -0.4 is 14.5 Å². The number of hydrogen-bond acceptors (Lipinski definition) is 4. The van der Waals surface area contributed by atoms with Crippen molar-refractivity contribution < 1.29 is 13.2 Å². The molecule has 1 aliphatic rings. The Bertz CT molecular complexity index is 1240. The number of carbonyl (C=O) groups excluding carboxylic acids is 1. The van der Waals surface area contributed by atoms with E-state index in [0.29, 0.717) is 12.2 Å². The van der Waals surface area contributed by atoms with Crippen LogP contribution in [0.15, 0.2) is 82.2 Å². The molecular formula is C27H30BrN3O3S. The van der Waals surface area contributed by atoms with Gasteiger partial charge in [-0.15, -0.1) is 0 Å². The van der Waals surface area contributed by atoms with Crippen LogP contribution in [0, 0.1) is 6.92 Å². The summed E-state index contributed by atoms with van der Waals surface area (Å²) in [6.45, 7) is 4.08. The van der Waals surface area contributed by atoms with Gasteiger partial charge in [0.1, 0.15) is 6.54 Å². The minimum Gasteiger partial charge on any atom is -0.372 e. The summed E-state index contributed by atoms with van der Waals surface area (Å²) in [6.07, 6.45) is 3.73. The van der Waals surface area contributed by atoms with Gasteiger partial charge in [-0.3, -0.25) is 9.10 Å². The molecule has 1 saturated heterocycles. The van der Waals surface area contributed by atoms with Gasteiger partial charge in [-0.25, -0.2) is 8.42 Å². The molecule has 1 N–H and O–H groups in total. The van der Waals surface area contributed by atoms with Crippen molar-refractivity contribution >= 4 is 43.2 Å². The quantitative estimate of drug-likeness (QED) is 0.411. The maximum absolute atomic E-state index is 13.5. The van der Waals surface area contributed by atoms with Crippen molar-refractivity contribution in [1.29, 1.82) is 0 Å². The van der Waals surface area contributed by atoms with Crippen LogP contribution in [0.2, 0.25) is 0 Å². The lowest BCUT2D eigenvalue weighted by Gasteiger charge is -2.28. The second kappa shape index (κ2) is 11.3. The van der Waals surface area contributed by atoms with Crippen molar-refractivity contribution in [2.75, 3.05) is 28.8 Å². The standard InChI is InChI=1S/C27H30BrN3O3S/c1-21-5-15-26(16-6-21)35(33,34)31(25-13-9-23(28)10-14-25)20-27(32)29-19-22-7-11-24(12-8-22)30-17-3-2-4-18-30/h5-16H,2-4,17-20H2,1H3,(H,29,32). The van der Waals surface area contributed by atoms with Gasteiger partial charge in [0, 0.05) is 29.8 Å². The van der Waals surface area contributed by atoms with Crippen LogP contribution in [0.1, 0.15) is 30.4 Å². The van der Waals surface area contributed by atoms with E-state index in [1.807, 2.05) is 19.1 Å². The molecule has 6 nitrogen and oxygen atoms in total. The number of nitrogens with zero attached hydrogens (tertiary/aromatic N) is 2. The van der Waals surface area contributed by atoms with E-state index in [-0.39, 0.29) is 17.3 Å². The molecule has 1 fully saturated rings. The topological polar surface area (TPSA) is 69.7 Å². The number of aryl methyl sites for hydroxylation is 1. The van der Waals surface area contributed by atoms with Gasteiger partial charge < -0.3 is 10.2 Å². The van der Waals surface area contributed by atoms with Crippen molar-refractivity contribution in [3.8, 4) is 0 Å². The van der Waals surface area contributed by atoms with Crippen molar-refractivity contribution in [3.63, 3.8) is 0 Å². The third kappa shape index (κ3) is 6.44. The molecule has 0 aromatic heterocycles. The Morgan fingerprint density at radius 3 is 2.17 bits per heavy atom. The molecule has 3 aromatic carbocycles. The third-order valence-electron chi connectivity index (χ3n) is 6.16. The Kier molecular flexibility index (Phi) is 8.13. The summed E-state index contributed by atoms with van der Waals surface area (Å²) >= 11 is 3.38. The van der Waals surface area contributed by atoms with E-state index in [9.17, 15) is 13.2 Å². The highest BCUT2D eigenvalue weighted by atomic mass is 79.9. The number of halogens is 1. The van der Waals surface area contributed by atoms with Gasteiger partial charge in [-0.1, -0.05) is 45.8 Å². The van der Waals surface area contributed by atoms with Crippen LogP contribution in [0.25, 0.3) is 0 Å². The third-order valence-corrected chi connectivity index (χ3v) is 8.47. The molecule has 184 valence electrons. The van der Waals surface area contributed by atoms with Crippen LogP contribution in [-0.2, 0) is 21.4 Å². The molecule has 0 bridgehead atoms. The summed E-state index contributed by atoms with van der Waals surface area (Å²) < 4.78 is 28.9. The van der Waals surface area contributed by atoms with Gasteiger partial charge in [0.15, 0.2) is 0 Å². The summed E-state index contributed by atoms with van der Waals surface area (Å²) in [5.74, 6) is -0.372. The molecule has 4 rings (SSSR count). The van der Waals surface area contributed by atoms with Crippen molar-refractivity contribution in [3.05, 3.63) is 88.4 Å². The molecular weight excluding hydrogens is 526 g/mol. The van der Waals surface area contributed by atoms with E-state index in [1.54, 1.807) is 48.5 Å². The Labute approximate surface area is 216 Å². The lowest BCUT2D eigenvalue weighted by molar-refractivity contribution is -0.119. The van der Waals surface area contributed by atoms with E-state index in [0.717, 1.165) is 33.0 Å². The van der Waals surface area contributed by atoms with Gasteiger partial charge in [0.05, 0.1) is 10.6 Å². The SMILES string of the molecule is Cc1ccc(S(=O)(=O)N(CC(=O)NCc2ccc(N3CCCCC3)cc2)c2ccc(Br)cc2)cc1. The molecule has 0 spiro atoms. The summed E-state index contributed by atoms with van der Waals surface area (Å²) in [4.78, 5) is 15.4. The first-order chi connectivity index (χ1) is 16.8. The number of amides is 1. The van der Waals surface area contributed by atoms with Crippen LogP contribution >= 0.6 is 15.9 Å². The minimum atomic E-state index is -3.93. The fraction of sp³-hybridized carbons (Fsp3) is 0.296. The zero-order chi connectivity index (χ0) is 24.8. The van der Waals surface area contributed by atoms with Crippen molar-refractivity contribution in [2.45, 2.75) is 37.6 Å². The lowest BCUT2D eigenvalue weighted by atomic mass is 10.1. The molecule has 1 heterocycles. The number of nitrogens with one attached hydrogen (secondary N) is 1. The maximum Gasteiger partial charge on any atom is 0.264 e. The van der Waals surface area contributed by atoms with Crippen LogP contribution in [0.4, 0.5) is 11.4 Å². The highest BCUT2D eigenvalue weighted by Crippen LogP contribution is 2.26. The highest BCUT2D eigenvalue weighted by molar-refractivity contribution is 9.10. The number of hydrogen-bond donors (Lipinski definition) is 1. The largest absolute Gasteiger partial charge is 0.372 e. The number of anilines is 2. The zero-order valence-corrected chi connectivity index (χ0v) is 22.2. The molecule has 1 amide bonds. The predicted molar refractivity (Wildman–Crippen MR) is 144 cm³/mol. The highest BCUT2D eigenvalue weighted by Gasteiger charge is 2.27. The molecule has 0 unspecified atom stereocenters. The maximum atomic E-state index is 13.5. The Hall–Kier alpha value is -2.84. The average molecular weight is 557 g/mol. The number of carbonyl (C=O) groups is 1. The van der Waals surface area contributed by atoms with Crippen molar-refractivity contribution in [2.24, 2.45) is 0 Å². The average Bonchev–Trinajstić information content (AvgIpc) is 2.88. The molecule has 3 aromatic rings. The Balaban J connectivity index is 1.46. The van der Waals surface area contributed by atoms with Gasteiger partial charge in [-0.05, 0) is 80.3 Å². The number of sulfonamides is 1. The second-order valence-corrected chi connectivity index (χ2v) is 11.6. The summed E-state index contributed by atoms with van der Waals surface area (Å²) in [6, 6.07) is 21.7. The number of rotatable bonds is 8. The molecule has 0 aliphatic carbocycles. The zero-order valence-electron chi connectivity index (χ0n) is 19.8. The molecule has 0 radical (unpaired) electrons. The number of benzene rings is 3. The first kappa shape index (κ1) is 25.3. The van der Waals surface area contributed by atoms with Crippen LogP contribution in [0.3, 0.4) is 0 Å². The molecule has 0 atom stereocenters. The first-order valence-electron chi connectivity index (χ1n) is 11.8. The molecule has 0 saturated carbocycles. The van der Waals surface area contributed by atoms with Gasteiger partial charge >= 0.3 is 0 Å². The minimum absolute atomic E-state index is 0.145. The van der Waals surface area contributed by atoms with Crippen LogP contribution in [-0.4, -0.2) is 34.0 Å². The molecule has 35 heavy (non-hydrogen) atoms. The normalized spacial score (nSPS) is 13.9. The Morgan fingerprint density at radius 1 is 0.914 bits per heavy atom. The monoisotopic (exact) mass is 555 g/mol. The van der Waals surface area contributed by atoms with E-state index in [2.05, 4.69) is 38.3 Å². The number of piperidine rings is 1. The fourth-order valence-corrected chi connectivity index (χ4v) is 5.81. The molecule has 8 heteroatoms. The van der Waals surface area contributed by atoms with E-state index >= 15 is 0 Å². The van der Waals surface area contributed by atoms with Crippen molar-refractivity contribution in [1.82, 2.24) is 5.32 Å². The van der Waals surface area contributed by atoms with Crippen LogP contribution in [0.5, 0.6) is 0 Å².